The Morgan fingerprint density at radius 2 is 2.21 bits per heavy atom. The minimum atomic E-state index is -3.83. The predicted molar refractivity (Wildman–Crippen MR) is 66.1 cm³/mol. The van der Waals surface area contributed by atoms with Gasteiger partial charge in [-0.15, -0.1) is 0 Å². The van der Waals surface area contributed by atoms with Gasteiger partial charge in [0.05, 0.1) is 11.8 Å². The molecule has 1 rings (SSSR count). The highest BCUT2D eigenvalue weighted by Crippen LogP contribution is 2.17. The van der Waals surface area contributed by atoms with Gasteiger partial charge in [-0.25, -0.2) is 17.6 Å². The second kappa shape index (κ2) is 5.97. The summed E-state index contributed by atoms with van der Waals surface area (Å²) in [4.78, 5) is 10.3. The zero-order chi connectivity index (χ0) is 14.5. The summed E-state index contributed by atoms with van der Waals surface area (Å²) in [6, 6.07) is 4.85. The van der Waals surface area contributed by atoms with Gasteiger partial charge < -0.3 is 5.11 Å². The Morgan fingerprint density at radius 3 is 2.74 bits per heavy atom. The summed E-state index contributed by atoms with van der Waals surface area (Å²) >= 11 is 0. The van der Waals surface area contributed by atoms with Crippen LogP contribution in [-0.4, -0.2) is 25.2 Å². The third-order valence-corrected chi connectivity index (χ3v) is 2.99. The Morgan fingerprint density at radius 1 is 1.53 bits per heavy atom. The minimum absolute atomic E-state index is 0.00521. The molecule has 0 aliphatic rings. The molecule has 0 saturated carbocycles. The number of carbonyl (C=O) groups is 1. The lowest BCUT2D eigenvalue weighted by atomic mass is 10.2. The number of carboxylic acids is 1. The molecule has 0 saturated heterocycles. The van der Waals surface area contributed by atoms with Gasteiger partial charge in [-0.05, 0) is 24.3 Å². The number of nitriles is 1. The van der Waals surface area contributed by atoms with E-state index in [4.69, 9.17) is 10.4 Å². The number of nitrogens with zero attached hydrogens (tertiary/aromatic N) is 1. The summed E-state index contributed by atoms with van der Waals surface area (Å²) < 4.78 is 38.1. The fourth-order valence-corrected chi connectivity index (χ4v) is 1.92. The summed E-state index contributed by atoms with van der Waals surface area (Å²) in [5, 5.41) is 16.7. The molecule has 0 aliphatic heterocycles. The molecule has 8 heteroatoms. The maximum atomic E-state index is 13.5. The molecule has 2 N–H and O–H groups in total. The first-order valence-corrected chi connectivity index (χ1v) is 6.57. The second-order valence-electron chi connectivity index (χ2n) is 3.43. The van der Waals surface area contributed by atoms with Crippen molar-refractivity contribution in [3.63, 3.8) is 0 Å². The summed E-state index contributed by atoms with van der Waals surface area (Å²) in [5.41, 5.74) is -0.0362. The normalized spacial score (nSPS) is 11.2. The fourth-order valence-electron chi connectivity index (χ4n) is 1.19. The number of carboxylic acid groups (broad SMARTS) is 1. The quantitative estimate of drug-likeness (QED) is 0.790. The standard InChI is InChI=1S/C11H9FN2O4S/c12-10-7-9(14-19(17,18)6-5-13)3-1-8(10)2-4-11(15)16/h1-4,7,14H,6H2,(H,15,16). The van der Waals surface area contributed by atoms with E-state index in [0.717, 1.165) is 18.2 Å². The van der Waals surface area contributed by atoms with Crippen LogP contribution in [0.3, 0.4) is 0 Å². The van der Waals surface area contributed by atoms with Gasteiger partial charge in [0.25, 0.3) is 0 Å². The number of hydrogen-bond donors (Lipinski definition) is 2. The van der Waals surface area contributed by atoms with Crippen LogP contribution in [0.25, 0.3) is 6.08 Å². The van der Waals surface area contributed by atoms with E-state index in [1.54, 1.807) is 0 Å². The van der Waals surface area contributed by atoms with E-state index in [2.05, 4.69) is 0 Å². The van der Waals surface area contributed by atoms with Gasteiger partial charge >= 0.3 is 5.97 Å². The first-order chi connectivity index (χ1) is 8.84. The lowest BCUT2D eigenvalue weighted by molar-refractivity contribution is -0.131. The Labute approximate surface area is 108 Å². The molecule has 6 nitrogen and oxygen atoms in total. The molecule has 0 spiro atoms. The predicted octanol–water partition coefficient (Wildman–Crippen LogP) is 1.19. The van der Waals surface area contributed by atoms with E-state index >= 15 is 0 Å². The fraction of sp³-hybridized carbons (Fsp3) is 0.0909. The van der Waals surface area contributed by atoms with Crippen molar-refractivity contribution in [1.29, 1.82) is 5.26 Å². The maximum Gasteiger partial charge on any atom is 0.328 e. The molecule has 0 radical (unpaired) electrons. The Balaban J connectivity index is 2.95. The Kier molecular flexibility index (Phi) is 4.61. The minimum Gasteiger partial charge on any atom is -0.478 e. The number of nitrogens with one attached hydrogen (secondary N) is 1. The van der Waals surface area contributed by atoms with Gasteiger partial charge in [0, 0.05) is 11.6 Å². The molecule has 19 heavy (non-hydrogen) atoms. The maximum absolute atomic E-state index is 13.5. The molecule has 0 unspecified atom stereocenters. The lowest BCUT2D eigenvalue weighted by Gasteiger charge is -2.06. The number of rotatable bonds is 5. The largest absolute Gasteiger partial charge is 0.478 e. The number of hydrogen-bond acceptors (Lipinski definition) is 4. The van der Waals surface area contributed by atoms with Crippen molar-refractivity contribution in [3.05, 3.63) is 35.7 Å². The molecule has 0 aromatic heterocycles. The number of sulfonamides is 1. The molecule has 0 fully saturated rings. The first-order valence-electron chi connectivity index (χ1n) is 4.92. The van der Waals surface area contributed by atoms with Crippen molar-refractivity contribution in [3.8, 4) is 6.07 Å². The Hall–Kier alpha value is -2.40. The summed E-state index contributed by atoms with van der Waals surface area (Å²) in [7, 11) is -3.83. The van der Waals surface area contributed by atoms with Crippen molar-refractivity contribution >= 4 is 27.8 Å². The SMILES string of the molecule is N#CCS(=O)(=O)Nc1ccc(C=CC(=O)O)c(F)c1. The number of aliphatic carboxylic acids is 1. The highest BCUT2D eigenvalue weighted by atomic mass is 32.2. The van der Waals surface area contributed by atoms with Crippen LogP contribution in [0.15, 0.2) is 24.3 Å². The lowest BCUT2D eigenvalue weighted by Crippen LogP contribution is -2.15. The van der Waals surface area contributed by atoms with Crippen molar-refractivity contribution in [2.24, 2.45) is 0 Å². The van der Waals surface area contributed by atoms with Gasteiger partial charge in [0.1, 0.15) is 5.82 Å². The summed E-state index contributed by atoms with van der Waals surface area (Å²) in [6.45, 7) is 0. The van der Waals surface area contributed by atoms with Crippen LogP contribution in [-0.2, 0) is 14.8 Å². The van der Waals surface area contributed by atoms with Gasteiger partial charge in [0.2, 0.25) is 10.0 Å². The van der Waals surface area contributed by atoms with E-state index in [0.29, 0.717) is 0 Å². The number of benzene rings is 1. The monoisotopic (exact) mass is 284 g/mol. The molecule has 0 aliphatic carbocycles. The van der Waals surface area contributed by atoms with Crippen molar-refractivity contribution in [2.45, 2.75) is 0 Å². The van der Waals surface area contributed by atoms with Gasteiger partial charge in [-0.2, -0.15) is 5.26 Å². The van der Waals surface area contributed by atoms with Crippen molar-refractivity contribution in [1.82, 2.24) is 0 Å². The van der Waals surface area contributed by atoms with E-state index in [1.165, 1.54) is 18.2 Å². The van der Waals surface area contributed by atoms with Crippen LogP contribution >= 0.6 is 0 Å². The van der Waals surface area contributed by atoms with Crippen LogP contribution in [0.1, 0.15) is 5.56 Å². The first kappa shape index (κ1) is 14.7. The molecular weight excluding hydrogens is 275 g/mol. The zero-order valence-electron chi connectivity index (χ0n) is 9.50. The van der Waals surface area contributed by atoms with E-state index in [1.807, 2.05) is 4.72 Å². The van der Waals surface area contributed by atoms with Crippen LogP contribution in [0.2, 0.25) is 0 Å². The van der Waals surface area contributed by atoms with Crippen molar-refractivity contribution in [2.75, 3.05) is 10.5 Å². The molecule has 0 amide bonds. The van der Waals surface area contributed by atoms with E-state index in [-0.39, 0.29) is 11.3 Å². The highest BCUT2D eigenvalue weighted by Gasteiger charge is 2.10. The highest BCUT2D eigenvalue weighted by molar-refractivity contribution is 7.92. The Bertz CT molecular complexity index is 662. The topological polar surface area (TPSA) is 107 Å². The third-order valence-electron chi connectivity index (χ3n) is 1.93. The van der Waals surface area contributed by atoms with Gasteiger partial charge in [0.15, 0.2) is 5.75 Å². The number of anilines is 1. The summed E-state index contributed by atoms with van der Waals surface area (Å²) in [5.74, 6) is -2.75. The molecule has 1 aromatic carbocycles. The molecule has 0 heterocycles. The van der Waals surface area contributed by atoms with Crippen LogP contribution < -0.4 is 4.72 Å². The summed E-state index contributed by atoms with van der Waals surface area (Å²) in [6.07, 6.45) is 1.81. The zero-order valence-corrected chi connectivity index (χ0v) is 10.3. The molecule has 100 valence electrons. The molecule has 1 aromatic rings. The van der Waals surface area contributed by atoms with Crippen molar-refractivity contribution < 1.29 is 22.7 Å². The molecular formula is C11H9FN2O4S. The van der Waals surface area contributed by atoms with Crippen LogP contribution in [0.5, 0.6) is 0 Å². The van der Waals surface area contributed by atoms with Gasteiger partial charge in [-0.1, -0.05) is 0 Å². The molecule has 0 atom stereocenters. The van der Waals surface area contributed by atoms with Crippen LogP contribution in [0, 0.1) is 17.1 Å². The second-order valence-corrected chi connectivity index (χ2v) is 5.15. The smallest absolute Gasteiger partial charge is 0.328 e. The van der Waals surface area contributed by atoms with Crippen LogP contribution in [0.4, 0.5) is 10.1 Å². The third kappa shape index (κ3) is 4.77. The average molecular weight is 284 g/mol. The average Bonchev–Trinajstić information content (AvgIpc) is 2.26. The number of halogens is 1. The van der Waals surface area contributed by atoms with E-state index < -0.39 is 27.6 Å². The van der Waals surface area contributed by atoms with E-state index in [9.17, 15) is 17.6 Å². The van der Waals surface area contributed by atoms with Gasteiger partial charge in [-0.3, -0.25) is 4.72 Å². The molecule has 0 bridgehead atoms.